The highest BCUT2D eigenvalue weighted by atomic mass is 35.5. The Morgan fingerprint density at radius 1 is 1.05 bits per heavy atom. The van der Waals surface area contributed by atoms with E-state index in [9.17, 15) is 9.90 Å². The number of carbonyl (C=O) groups is 1. The first kappa shape index (κ1) is 14.8. The Morgan fingerprint density at radius 2 is 1.70 bits per heavy atom. The van der Waals surface area contributed by atoms with Crippen LogP contribution in [-0.4, -0.2) is 17.5 Å². The van der Waals surface area contributed by atoms with E-state index in [1.54, 1.807) is 12.1 Å². The minimum Gasteiger partial charge on any atom is -0.395 e. The predicted octanol–water partition coefficient (Wildman–Crippen LogP) is 3.62. The molecule has 0 amide bonds. The molecule has 0 aliphatic heterocycles. The van der Waals surface area contributed by atoms with Gasteiger partial charge in [0.2, 0.25) is 0 Å². The van der Waals surface area contributed by atoms with Crippen molar-refractivity contribution in [1.82, 2.24) is 0 Å². The number of Topliss-reactive ketones (excluding diaryl/α,β-unsaturated/α-hetero) is 1. The lowest BCUT2D eigenvalue weighted by Gasteiger charge is -2.15. The molecule has 0 spiro atoms. The summed E-state index contributed by atoms with van der Waals surface area (Å²) in [5, 5.41) is 10.0. The second kappa shape index (κ2) is 7.22. The Bertz CT molecular complexity index is 566. The van der Waals surface area contributed by atoms with Crippen LogP contribution in [0.3, 0.4) is 0 Å². The lowest BCUT2D eigenvalue weighted by molar-refractivity contribution is -0.121. The first-order valence-electron chi connectivity index (χ1n) is 6.64. The summed E-state index contributed by atoms with van der Waals surface area (Å²) in [6.07, 6.45) is 1.08. The van der Waals surface area contributed by atoms with Crippen molar-refractivity contribution in [2.24, 2.45) is 0 Å². The van der Waals surface area contributed by atoms with Crippen molar-refractivity contribution in [3.8, 4) is 0 Å². The van der Waals surface area contributed by atoms with Gasteiger partial charge in [-0.05, 0) is 23.6 Å². The van der Waals surface area contributed by atoms with E-state index in [0.29, 0.717) is 23.4 Å². The van der Waals surface area contributed by atoms with E-state index >= 15 is 0 Å². The minimum absolute atomic E-state index is 0.0180. The number of halogens is 1. The summed E-state index contributed by atoms with van der Waals surface area (Å²) in [7, 11) is 0. The third-order valence-corrected chi connectivity index (χ3v) is 3.70. The van der Waals surface area contributed by atoms with Crippen LogP contribution in [0.25, 0.3) is 0 Å². The largest absolute Gasteiger partial charge is 0.395 e. The van der Waals surface area contributed by atoms with E-state index in [1.165, 1.54) is 0 Å². The van der Waals surface area contributed by atoms with Crippen molar-refractivity contribution in [3.05, 3.63) is 70.7 Å². The molecule has 2 nitrogen and oxygen atoms in total. The molecular formula is C17H17ClO2. The summed E-state index contributed by atoms with van der Waals surface area (Å²) in [6.45, 7) is -0.211. The fourth-order valence-electron chi connectivity index (χ4n) is 2.22. The Morgan fingerprint density at radius 3 is 2.35 bits per heavy atom. The van der Waals surface area contributed by atoms with Gasteiger partial charge in [0.1, 0.15) is 5.78 Å². The number of hydrogen-bond acceptors (Lipinski definition) is 2. The van der Waals surface area contributed by atoms with Crippen LogP contribution in [0.4, 0.5) is 0 Å². The highest BCUT2D eigenvalue weighted by molar-refractivity contribution is 6.31. The van der Waals surface area contributed by atoms with E-state index in [2.05, 4.69) is 0 Å². The summed E-state index contributed by atoms with van der Waals surface area (Å²) in [4.78, 5) is 12.3. The van der Waals surface area contributed by atoms with Crippen molar-refractivity contribution >= 4 is 17.4 Å². The van der Waals surface area contributed by atoms with Gasteiger partial charge in [-0.3, -0.25) is 4.79 Å². The van der Waals surface area contributed by atoms with E-state index in [4.69, 9.17) is 11.6 Å². The van der Waals surface area contributed by atoms with Crippen molar-refractivity contribution in [2.75, 3.05) is 6.61 Å². The van der Waals surface area contributed by atoms with Gasteiger partial charge in [-0.1, -0.05) is 60.1 Å². The molecule has 0 aromatic heterocycles. The molecule has 1 atom stereocenters. The normalized spacial score (nSPS) is 12.1. The molecule has 0 saturated heterocycles. The van der Waals surface area contributed by atoms with Crippen LogP contribution < -0.4 is 0 Å². The molecule has 0 fully saturated rings. The quantitative estimate of drug-likeness (QED) is 0.881. The second-order valence-electron chi connectivity index (χ2n) is 4.71. The highest BCUT2D eigenvalue weighted by Crippen LogP contribution is 2.26. The molecule has 20 heavy (non-hydrogen) atoms. The van der Waals surface area contributed by atoms with Gasteiger partial charge in [0, 0.05) is 11.4 Å². The van der Waals surface area contributed by atoms with Gasteiger partial charge < -0.3 is 5.11 Å². The number of aryl methyl sites for hydroxylation is 1. The Balaban J connectivity index is 2.05. The third-order valence-electron chi connectivity index (χ3n) is 3.35. The number of aliphatic hydroxyl groups excluding tert-OH is 1. The number of aliphatic hydroxyl groups is 1. The van der Waals surface area contributed by atoms with Gasteiger partial charge >= 0.3 is 0 Å². The topological polar surface area (TPSA) is 37.3 Å². The summed E-state index contributed by atoms with van der Waals surface area (Å²) < 4.78 is 0. The maximum absolute atomic E-state index is 12.3. The zero-order valence-corrected chi connectivity index (χ0v) is 11.9. The molecular weight excluding hydrogens is 272 g/mol. The van der Waals surface area contributed by atoms with Crippen molar-refractivity contribution < 1.29 is 9.90 Å². The fraction of sp³-hybridized carbons (Fsp3) is 0.235. The number of benzene rings is 2. The van der Waals surface area contributed by atoms with Gasteiger partial charge in [-0.25, -0.2) is 0 Å². The Kier molecular flexibility index (Phi) is 5.33. The summed E-state index contributed by atoms with van der Waals surface area (Å²) in [5.41, 5.74) is 1.83. The Hall–Kier alpha value is -1.64. The molecule has 0 aliphatic carbocycles. The first-order valence-corrected chi connectivity index (χ1v) is 7.02. The van der Waals surface area contributed by atoms with Crippen molar-refractivity contribution in [1.29, 1.82) is 0 Å². The van der Waals surface area contributed by atoms with Crippen LogP contribution in [0.15, 0.2) is 54.6 Å². The average Bonchev–Trinajstić information content (AvgIpc) is 2.49. The van der Waals surface area contributed by atoms with Gasteiger partial charge in [0.05, 0.1) is 12.5 Å². The minimum atomic E-state index is -0.535. The molecule has 104 valence electrons. The SMILES string of the molecule is O=C(CCc1ccccc1)[C@@H](CO)c1ccccc1Cl. The van der Waals surface area contributed by atoms with Gasteiger partial charge in [-0.2, -0.15) is 0 Å². The van der Waals surface area contributed by atoms with Crippen LogP contribution in [0, 0.1) is 0 Å². The Labute approximate surface area is 124 Å². The predicted molar refractivity (Wildman–Crippen MR) is 81.0 cm³/mol. The number of ketones is 1. The molecule has 0 unspecified atom stereocenters. The third kappa shape index (κ3) is 3.69. The van der Waals surface area contributed by atoms with Gasteiger partial charge in [0.25, 0.3) is 0 Å². The molecule has 0 radical (unpaired) electrons. The standard InChI is InChI=1S/C17H17ClO2/c18-16-9-5-4-8-14(16)15(12-19)17(20)11-10-13-6-2-1-3-7-13/h1-9,15,19H,10-12H2/t15-/m0/s1. The lowest BCUT2D eigenvalue weighted by atomic mass is 9.92. The molecule has 2 aromatic rings. The summed E-state index contributed by atoms with van der Waals surface area (Å²) in [5.74, 6) is -0.517. The zero-order valence-electron chi connectivity index (χ0n) is 11.1. The molecule has 3 heteroatoms. The van der Waals surface area contributed by atoms with Crippen LogP contribution in [0.2, 0.25) is 5.02 Å². The molecule has 2 rings (SSSR count). The molecule has 0 bridgehead atoms. The summed E-state index contributed by atoms with van der Waals surface area (Å²) >= 11 is 6.10. The van der Waals surface area contributed by atoms with Crippen LogP contribution in [0.1, 0.15) is 23.5 Å². The van der Waals surface area contributed by atoms with Crippen LogP contribution >= 0.6 is 11.6 Å². The number of rotatable bonds is 6. The molecule has 2 aromatic carbocycles. The summed E-state index contributed by atoms with van der Waals surface area (Å²) in [6, 6.07) is 17.0. The number of carbonyl (C=O) groups excluding carboxylic acids is 1. The molecule has 0 heterocycles. The smallest absolute Gasteiger partial charge is 0.143 e. The second-order valence-corrected chi connectivity index (χ2v) is 5.12. The van der Waals surface area contributed by atoms with E-state index in [1.807, 2.05) is 42.5 Å². The lowest BCUT2D eigenvalue weighted by Crippen LogP contribution is -2.17. The van der Waals surface area contributed by atoms with Crippen molar-refractivity contribution in [3.63, 3.8) is 0 Å². The highest BCUT2D eigenvalue weighted by Gasteiger charge is 2.21. The maximum Gasteiger partial charge on any atom is 0.143 e. The van der Waals surface area contributed by atoms with E-state index < -0.39 is 5.92 Å². The number of hydrogen-bond donors (Lipinski definition) is 1. The van der Waals surface area contributed by atoms with Crippen LogP contribution in [-0.2, 0) is 11.2 Å². The van der Waals surface area contributed by atoms with Gasteiger partial charge in [0.15, 0.2) is 0 Å². The zero-order chi connectivity index (χ0) is 14.4. The van der Waals surface area contributed by atoms with Crippen LogP contribution in [0.5, 0.6) is 0 Å². The monoisotopic (exact) mass is 288 g/mol. The van der Waals surface area contributed by atoms with Gasteiger partial charge in [-0.15, -0.1) is 0 Å². The average molecular weight is 289 g/mol. The maximum atomic E-state index is 12.3. The fourth-order valence-corrected chi connectivity index (χ4v) is 2.49. The molecule has 0 aliphatic rings. The van der Waals surface area contributed by atoms with E-state index in [-0.39, 0.29) is 12.4 Å². The molecule has 0 saturated carbocycles. The van der Waals surface area contributed by atoms with E-state index in [0.717, 1.165) is 5.56 Å². The first-order chi connectivity index (χ1) is 9.72. The van der Waals surface area contributed by atoms with Crippen molar-refractivity contribution in [2.45, 2.75) is 18.8 Å². The molecule has 1 N–H and O–H groups in total.